The zero-order chi connectivity index (χ0) is 15.9. The summed E-state index contributed by atoms with van der Waals surface area (Å²) in [5.74, 6) is -1.13. The summed E-state index contributed by atoms with van der Waals surface area (Å²) in [4.78, 5) is 16.2. The molecule has 0 atom stereocenters. The van der Waals surface area contributed by atoms with Gasteiger partial charge in [0.05, 0.1) is 4.90 Å². The molecule has 0 unspecified atom stereocenters. The molecule has 0 bridgehead atoms. The first-order valence-electron chi connectivity index (χ1n) is 6.15. The molecule has 10 heteroatoms. The minimum atomic E-state index is -3.89. The Labute approximate surface area is 149 Å². The molecule has 0 fully saturated rings. The van der Waals surface area contributed by atoms with Crippen LogP contribution in [0.3, 0.4) is 0 Å². The molecule has 1 aliphatic heterocycles. The molecule has 1 aromatic carbocycles. The van der Waals surface area contributed by atoms with E-state index in [1.807, 2.05) is 0 Å². The summed E-state index contributed by atoms with van der Waals surface area (Å²) in [6.07, 6.45) is 1.51. The van der Waals surface area contributed by atoms with E-state index in [0.717, 1.165) is 4.31 Å². The van der Waals surface area contributed by atoms with Crippen LogP contribution in [-0.2, 0) is 34.3 Å². The number of hydrogen-bond acceptors (Lipinski definition) is 6. The average molecular weight is 403 g/mol. The Bertz CT molecular complexity index is 878. The van der Waals surface area contributed by atoms with Gasteiger partial charge >= 0.3 is 0 Å². The number of nitrogens with zero attached hydrogens (tertiary/aromatic N) is 2. The number of carbonyl (C=O) groups excluding carboxylic acids is 1. The molecule has 23 heavy (non-hydrogen) atoms. The molecule has 116 valence electrons. The van der Waals surface area contributed by atoms with Crippen molar-refractivity contribution >= 4 is 38.2 Å². The van der Waals surface area contributed by atoms with E-state index in [-0.39, 0.29) is 41.4 Å². The second kappa shape index (κ2) is 6.39. The molecule has 2 N–H and O–H groups in total. The van der Waals surface area contributed by atoms with Crippen LogP contribution in [0.2, 0.25) is 0 Å². The Morgan fingerprint density at radius 1 is 1.35 bits per heavy atom. The second-order valence-corrected chi connectivity index (χ2v) is 7.29. The molecule has 1 amide bonds. The van der Waals surface area contributed by atoms with E-state index >= 15 is 0 Å². The Morgan fingerprint density at radius 2 is 2.04 bits per heavy atom. The van der Waals surface area contributed by atoms with Gasteiger partial charge in [-0.3, -0.25) is 14.4 Å². The molecule has 1 aromatic heterocycles. The summed E-state index contributed by atoms with van der Waals surface area (Å²) in [5, 5.41) is 14.8. The Kier molecular flexibility index (Phi) is 4.88. The number of anilines is 1. The van der Waals surface area contributed by atoms with Crippen LogP contribution in [0.15, 0.2) is 46.4 Å². The maximum Gasteiger partial charge on any atom is 0.278 e. The van der Waals surface area contributed by atoms with Crippen LogP contribution in [0.5, 0.6) is 0 Å². The summed E-state index contributed by atoms with van der Waals surface area (Å²) in [6.45, 7) is 0. The molecular weight excluding hydrogens is 392 g/mol. The summed E-state index contributed by atoms with van der Waals surface area (Å²) >= 11 is 1.19. The zero-order valence-corrected chi connectivity index (χ0v) is 16.7. The van der Waals surface area contributed by atoms with Crippen molar-refractivity contribution in [3.05, 3.63) is 47.1 Å². The van der Waals surface area contributed by atoms with Crippen molar-refractivity contribution in [3.8, 4) is 0 Å². The first-order valence-corrected chi connectivity index (χ1v) is 8.47. The first kappa shape index (κ1) is 17.6. The van der Waals surface area contributed by atoms with Gasteiger partial charge in [0.1, 0.15) is 0 Å². The fraction of sp³-hybridized carbons (Fsp3) is 0.0769. The molecule has 0 spiro atoms. The number of amides is 1. The third-order valence-electron chi connectivity index (χ3n) is 3.19. The van der Waals surface area contributed by atoms with Gasteiger partial charge in [0, 0.05) is 43.7 Å². The third-order valence-corrected chi connectivity index (χ3v) is 5.69. The molecule has 0 saturated carbocycles. The van der Waals surface area contributed by atoms with Crippen molar-refractivity contribution in [2.75, 3.05) is 12.4 Å². The van der Waals surface area contributed by atoms with Crippen LogP contribution >= 0.6 is 11.3 Å². The number of aromatic nitrogens is 1. The van der Waals surface area contributed by atoms with Gasteiger partial charge in [-0.1, -0.05) is 12.1 Å². The minimum absolute atomic E-state index is 0. The first-order chi connectivity index (χ1) is 10.4. The second-order valence-electron chi connectivity index (χ2n) is 4.46. The summed E-state index contributed by atoms with van der Waals surface area (Å²) in [5.41, 5.74) is -0.237. The average Bonchev–Trinajstić information content (AvgIpc) is 2.99. The number of aliphatic hydroxyl groups is 1. The van der Waals surface area contributed by atoms with Gasteiger partial charge in [-0.05, 0) is 12.1 Å². The van der Waals surface area contributed by atoms with Crippen LogP contribution in [0.1, 0.15) is 5.56 Å². The topological polar surface area (TPSA) is 99.6 Å². The zero-order valence-electron chi connectivity index (χ0n) is 12.1. The predicted molar refractivity (Wildman–Crippen MR) is 81.7 cm³/mol. The molecule has 7 nitrogen and oxygen atoms in total. The number of carbonyl (C=O) groups is 1. The smallest absolute Gasteiger partial charge is 0.278 e. The Morgan fingerprint density at radius 3 is 2.70 bits per heavy atom. The number of rotatable bonds is 2. The van der Waals surface area contributed by atoms with Crippen molar-refractivity contribution in [2.24, 2.45) is 0 Å². The van der Waals surface area contributed by atoms with E-state index < -0.39 is 15.9 Å². The van der Waals surface area contributed by atoms with Crippen LogP contribution in [-0.4, -0.2) is 35.8 Å². The fourth-order valence-corrected chi connectivity index (χ4v) is 4.05. The predicted octanol–water partition coefficient (Wildman–Crippen LogP) is 1.64. The summed E-state index contributed by atoms with van der Waals surface area (Å²) in [7, 11) is -2.67. The van der Waals surface area contributed by atoms with Gasteiger partial charge in [-0.2, -0.15) is 0 Å². The van der Waals surface area contributed by atoms with E-state index in [1.165, 1.54) is 36.7 Å². The molecule has 1 aliphatic rings. The molecule has 3 rings (SSSR count). The van der Waals surface area contributed by atoms with Crippen LogP contribution < -0.4 is 5.32 Å². The quantitative estimate of drug-likeness (QED) is 0.744. The van der Waals surface area contributed by atoms with Crippen LogP contribution in [0.25, 0.3) is 5.76 Å². The van der Waals surface area contributed by atoms with E-state index in [4.69, 9.17) is 0 Å². The molecule has 2 heterocycles. The number of hydrogen-bond donors (Lipinski definition) is 2. The molecule has 0 aliphatic carbocycles. The van der Waals surface area contributed by atoms with E-state index in [2.05, 4.69) is 10.3 Å². The van der Waals surface area contributed by atoms with Gasteiger partial charge in [0.25, 0.3) is 15.9 Å². The fourth-order valence-electron chi connectivity index (χ4n) is 2.12. The number of sulfonamides is 1. The van der Waals surface area contributed by atoms with Crippen molar-refractivity contribution in [3.63, 3.8) is 0 Å². The molecular formula is C13H11N3O4S2Zn. The van der Waals surface area contributed by atoms with E-state index in [0.29, 0.717) is 5.13 Å². The number of fused-ring (bicyclic) bond motifs is 1. The minimum Gasteiger partial charge on any atom is -0.505 e. The summed E-state index contributed by atoms with van der Waals surface area (Å²) < 4.78 is 25.7. The number of benzene rings is 1. The Hall–Kier alpha value is -1.77. The van der Waals surface area contributed by atoms with Gasteiger partial charge in [-0.25, -0.2) is 13.4 Å². The van der Waals surface area contributed by atoms with Crippen LogP contribution in [0.4, 0.5) is 5.13 Å². The Balaban J connectivity index is 0.00000192. The van der Waals surface area contributed by atoms with Crippen LogP contribution in [0, 0.1) is 0 Å². The van der Waals surface area contributed by atoms with Crippen molar-refractivity contribution < 1.29 is 37.8 Å². The SMILES string of the molecule is CN1C(C(=O)Nc2nccs2)=C(O)c2ccccc2S1(=O)=O.[Zn]. The van der Waals surface area contributed by atoms with Gasteiger partial charge in [0.2, 0.25) is 0 Å². The maximum absolute atomic E-state index is 12.5. The standard InChI is InChI=1S/C13H11N3O4S2.Zn/c1-16-10(12(18)15-13-14-6-7-21-13)11(17)8-4-2-3-5-9(8)22(16,19)20;/h2-7,17H,1H3,(H,14,15,18);. The van der Waals surface area contributed by atoms with Crippen molar-refractivity contribution in [1.82, 2.24) is 9.29 Å². The van der Waals surface area contributed by atoms with E-state index in [9.17, 15) is 18.3 Å². The van der Waals surface area contributed by atoms with E-state index in [1.54, 1.807) is 17.5 Å². The van der Waals surface area contributed by atoms with Crippen molar-refractivity contribution in [2.45, 2.75) is 4.90 Å². The third kappa shape index (κ3) is 2.89. The maximum atomic E-state index is 12.5. The monoisotopic (exact) mass is 401 g/mol. The number of likely N-dealkylation sites (N-methyl/N-ethyl adjacent to an activating group) is 1. The normalized spacial score (nSPS) is 15.6. The molecule has 0 saturated heterocycles. The van der Waals surface area contributed by atoms with Crippen molar-refractivity contribution in [1.29, 1.82) is 0 Å². The summed E-state index contributed by atoms with van der Waals surface area (Å²) in [6, 6.07) is 5.98. The number of nitrogens with one attached hydrogen (secondary N) is 1. The largest absolute Gasteiger partial charge is 0.505 e. The number of aliphatic hydroxyl groups excluding tert-OH is 1. The van der Waals surface area contributed by atoms with Gasteiger partial charge in [-0.15, -0.1) is 11.3 Å². The molecule has 2 aromatic rings. The number of thiazole rings is 1. The van der Waals surface area contributed by atoms with Gasteiger partial charge < -0.3 is 5.11 Å². The molecule has 0 radical (unpaired) electrons. The van der Waals surface area contributed by atoms with Gasteiger partial charge in [0.15, 0.2) is 16.6 Å².